The smallest absolute Gasteiger partial charge is 0.237 e. The second kappa shape index (κ2) is 6.95. The average Bonchev–Trinajstić information content (AvgIpc) is 2.13. The summed E-state index contributed by atoms with van der Waals surface area (Å²) in [5.41, 5.74) is 5.69. The van der Waals surface area contributed by atoms with Gasteiger partial charge in [-0.1, -0.05) is 13.8 Å². The van der Waals surface area contributed by atoms with Gasteiger partial charge in [0.15, 0.2) is 0 Å². The highest BCUT2D eigenvalue weighted by molar-refractivity contribution is 7.84. The highest BCUT2D eigenvalue weighted by atomic mass is 32.2. The molecule has 0 heterocycles. The number of rotatable bonds is 6. The molecule has 0 aromatic heterocycles. The van der Waals surface area contributed by atoms with Crippen LogP contribution in [0.1, 0.15) is 27.2 Å². The van der Waals surface area contributed by atoms with Gasteiger partial charge in [-0.05, 0) is 19.3 Å². The Hall–Kier alpha value is -0.420. The number of hydrogen-bond acceptors (Lipinski definition) is 3. The van der Waals surface area contributed by atoms with Gasteiger partial charge in [-0.15, -0.1) is 0 Å². The van der Waals surface area contributed by atoms with Crippen molar-refractivity contribution in [2.75, 3.05) is 12.0 Å². The van der Waals surface area contributed by atoms with E-state index in [4.69, 9.17) is 5.73 Å². The van der Waals surface area contributed by atoms with Crippen LogP contribution in [0.15, 0.2) is 0 Å². The van der Waals surface area contributed by atoms with Crippen molar-refractivity contribution >= 4 is 16.7 Å². The Labute approximate surface area is 94.4 Å². The van der Waals surface area contributed by atoms with Gasteiger partial charge in [-0.3, -0.25) is 9.00 Å². The second-order valence-corrected chi connectivity index (χ2v) is 5.80. The van der Waals surface area contributed by atoms with Gasteiger partial charge in [0.25, 0.3) is 0 Å². The molecule has 15 heavy (non-hydrogen) atoms. The molecule has 0 aliphatic heterocycles. The normalized spacial score (nSPS) is 17.2. The Balaban J connectivity index is 3.90. The quantitative estimate of drug-likeness (QED) is 0.691. The molecule has 0 spiro atoms. The summed E-state index contributed by atoms with van der Waals surface area (Å²) in [5.74, 6) is 0.620. The first-order valence-electron chi connectivity index (χ1n) is 5.20. The molecule has 4 nitrogen and oxygen atoms in total. The summed E-state index contributed by atoms with van der Waals surface area (Å²) in [4.78, 5) is 11.5. The van der Waals surface area contributed by atoms with E-state index in [9.17, 15) is 9.00 Å². The molecule has 3 unspecified atom stereocenters. The van der Waals surface area contributed by atoms with E-state index in [1.54, 1.807) is 6.26 Å². The number of nitrogens with two attached hydrogens (primary N) is 1. The number of carbonyl (C=O) groups excluding carboxylic acids is 1. The van der Waals surface area contributed by atoms with Crippen molar-refractivity contribution in [2.45, 2.75) is 39.3 Å². The van der Waals surface area contributed by atoms with Gasteiger partial charge in [0.05, 0.1) is 6.04 Å². The average molecular weight is 234 g/mol. The fraction of sp³-hybridized carbons (Fsp3) is 0.900. The van der Waals surface area contributed by atoms with Crippen LogP contribution in [0.3, 0.4) is 0 Å². The SMILES string of the molecule is CC(CCS(C)=O)NC(=O)C(N)C(C)C. The van der Waals surface area contributed by atoms with E-state index in [2.05, 4.69) is 5.32 Å². The van der Waals surface area contributed by atoms with Crippen LogP contribution in [-0.2, 0) is 15.6 Å². The van der Waals surface area contributed by atoms with Crippen LogP contribution in [0, 0.1) is 5.92 Å². The first-order chi connectivity index (χ1) is 6.84. The highest BCUT2D eigenvalue weighted by Gasteiger charge is 2.18. The molecule has 1 amide bonds. The van der Waals surface area contributed by atoms with Crippen molar-refractivity contribution in [2.24, 2.45) is 11.7 Å². The lowest BCUT2D eigenvalue weighted by atomic mass is 10.0. The summed E-state index contributed by atoms with van der Waals surface area (Å²) in [6.07, 6.45) is 2.38. The van der Waals surface area contributed by atoms with Crippen molar-refractivity contribution in [3.8, 4) is 0 Å². The fourth-order valence-electron chi connectivity index (χ4n) is 1.06. The maximum absolute atomic E-state index is 11.5. The summed E-state index contributed by atoms with van der Waals surface area (Å²) >= 11 is 0. The van der Waals surface area contributed by atoms with Crippen LogP contribution in [0.2, 0.25) is 0 Å². The van der Waals surface area contributed by atoms with Gasteiger partial charge in [0.2, 0.25) is 5.91 Å². The molecular weight excluding hydrogens is 212 g/mol. The fourth-order valence-corrected chi connectivity index (χ4v) is 1.74. The van der Waals surface area contributed by atoms with Crippen LogP contribution in [-0.4, -0.2) is 34.2 Å². The van der Waals surface area contributed by atoms with Crippen LogP contribution in [0.25, 0.3) is 0 Å². The van der Waals surface area contributed by atoms with Crippen molar-refractivity contribution in [1.29, 1.82) is 0 Å². The Kier molecular flexibility index (Phi) is 6.76. The molecule has 0 aliphatic rings. The first kappa shape index (κ1) is 14.6. The Morgan fingerprint density at radius 2 is 1.93 bits per heavy atom. The topological polar surface area (TPSA) is 72.2 Å². The molecule has 5 heteroatoms. The van der Waals surface area contributed by atoms with Crippen molar-refractivity contribution in [3.05, 3.63) is 0 Å². The minimum absolute atomic E-state index is 0.0335. The van der Waals surface area contributed by atoms with E-state index in [-0.39, 0.29) is 17.9 Å². The third-order valence-electron chi connectivity index (χ3n) is 2.25. The second-order valence-electron chi connectivity index (χ2n) is 4.25. The molecule has 0 fully saturated rings. The van der Waals surface area contributed by atoms with Gasteiger partial charge in [0.1, 0.15) is 0 Å². The van der Waals surface area contributed by atoms with Crippen molar-refractivity contribution in [3.63, 3.8) is 0 Å². The number of amides is 1. The maximum Gasteiger partial charge on any atom is 0.237 e. The van der Waals surface area contributed by atoms with Crippen LogP contribution >= 0.6 is 0 Å². The van der Waals surface area contributed by atoms with Gasteiger partial charge < -0.3 is 11.1 Å². The zero-order valence-corrected chi connectivity index (χ0v) is 10.8. The van der Waals surface area contributed by atoms with E-state index in [0.29, 0.717) is 5.75 Å². The van der Waals surface area contributed by atoms with E-state index in [1.807, 2.05) is 20.8 Å². The molecule has 0 bridgehead atoms. The first-order valence-corrected chi connectivity index (χ1v) is 6.93. The predicted molar refractivity (Wildman–Crippen MR) is 64.0 cm³/mol. The molecule has 0 radical (unpaired) electrons. The predicted octanol–water partition coefficient (Wildman–Crippen LogP) is 0.243. The molecule has 0 aromatic rings. The molecule has 0 rings (SSSR count). The van der Waals surface area contributed by atoms with Crippen molar-refractivity contribution in [1.82, 2.24) is 5.32 Å². The van der Waals surface area contributed by atoms with Crippen LogP contribution in [0.5, 0.6) is 0 Å². The molecule has 0 aliphatic carbocycles. The highest BCUT2D eigenvalue weighted by Crippen LogP contribution is 2.00. The van der Waals surface area contributed by atoms with Gasteiger partial charge in [-0.2, -0.15) is 0 Å². The standard InChI is InChI=1S/C10H22N2O2S/c1-7(2)9(11)10(13)12-8(3)5-6-15(4)14/h7-9H,5-6,11H2,1-4H3,(H,12,13). The molecule has 0 saturated heterocycles. The molecule has 0 saturated carbocycles. The van der Waals surface area contributed by atoms with E-state index in [0.717, 1.165) is 6.42 Å². The Morgan fingerprint density at radius 3 is 2.33 bits per heavy atom. The largest absolute Gasteiger partial charge is 0.352 e. The van der Waals surface area contributed by atoms with Crippen LogP contribution in [0.4, 0.5) is 0 Å². The molecule has 90 valence electrons. The summed E-state index contributed by atoms with van der Waals surface area (Å²) in [6.45, 7) is 5.73. The number of nitrogens with one attached hydrogen (secondary N) is 1. The maximum atomic E-state index is 11.5. The summed E-state index contributed by atoms with van der Waals surface area (Å²) in [5, 5.41) is 2.82. The lowest BCUT2D eigenvalue weighted by Crippen LogP contribution is -2.47. The summed E-state index contributed by atoms with van der Waals surface area (Å²) in [6, 6.07) is -0.425. The molecule has 3 atom stereocenters. The van der Waals surface area contributed by atoms with Gasteiger partial charge in [-0.25, -0.2) is 0 Å². The van der Waals surface area contributed by atoms with Gasteiger partial charge >= 0.3 is 0 Å². The number of hydrogen-bond donors (Lipinski definition) is 2. The van der Waals surface area contributed by atoms with Gasteiger partial charge in [0, 0.05) is 28.9 Å². The van der Waals surface area contributed by atoms with Crippen molar-refractivity contribution < 1.29 is 9.00 Å². The molecular formula is C10H22N2O2S. The van der Waals surface area contributed by atoms with E-state index >= 15 is 0 Å². The Bertz CT molecular complexity index is 231. The zero-order chi connectivity index (χ0) is 12.0. The molecule has 3 N–H and O–H groups in total. The summed E-state index contributed by atoms with van der Waals surface area (Å²) in [7, 11) is -0.803. The zero-order valence-electron chi connectivity index (χ0n) is 9.95. The third kappa shape index (κ3) is 6.62. The minimum Gasteiger partial charge on any atom is -0.352 e. The Morgan fingerprint density at radius 1 is 1.40 bits per heavy atom. The lowest BCUT2D eigenvalue weighted by molar-refractivity contribution is -0.123. The lowest BCUT2D eigenvalue weighted by Gasteiger charge is -2.19. The summed E-state index contributed by atoms with van der Waals surface area (Å²) < 4.78 is 10.8. The van der Waals surface area contributed by atoms with E-state index in [1.165, 1.54) is 0 Å². The molecule has 0 aromatic carbocycles. The minimum atomic E-state index is -0.803. The monoisotopic (exact) mass is 234 g/mol. The third-order valence-corrected chi connectivity index (χ3v) is 3.06. The van der Waals surface area contributed by atoms with E-state index < -0.39 is 16.8 Å². The number of carbonyl (C=O) groups is 1. The van der Waals surface area contributed by atoms with Crippen LogP contribution < -0.4 is 11.1 Å².